The second kappa shape index (κ2) is 8.56. The summed E-state index contributed by atoms with van der Waals surface area (Å²) in [7, 11) is 0. The van der Waals surface area contributed by atoms with Crippen molar-refractivity contribution < 1.29 is 5.11 Å². The lowest BCUT2D eigenvalue weighted by Gasteiger charge is -2.61. The van der Waals surface area contributed by atoms with Gasteiger partial charge in [0, 0.05) is 3.92 Å². The average molecular weight is 515 g/mol. The first-order chi connectivity index (χ1) is 13.7. The van der Waals surface area contributed by atoms with E-state index in [4.69, 9.17) is 0 Å². The zero-order valence-corrected chi connectivity index (χ0v) is 22.0. The predicted molar refractivity (Wildman–Crippen MR) is 132 cm³/mol. The molecule has 4 aliphatic rings. The predicted octanol–water partition coefficient (Wildman–Crippen LogP) is 7.88. The van der Waals surface area contributed by atoms with Crippen LogP contribution in [0.2, 0.25) is 0 Å². The third-order valence-corrected chi connectivity index (χ3v) is 12.2. The number of hydrogen-bond acceptors (Lipinski definition) is 1. The minimum Gasteiger partial charge on any atom is -0.392 e. The molecule has 0 radical (unpaired) electrons. The van der Waals surface area contributed by atoms with Crippen LogP contribution in [0.15, 0.2) is 0 Å². The molecule has 0 saturated heterocycles. The van der Waals surface area contributed by atoms with Crippen LogP contribution in [-0.2, 0) is 0 Å². The summed E-state index contributed by atoms with van der Waals surface area (Å²) in [4.78, 5) is 0. The van der Waals surface area contributed by atoms with Gasteiger partial charge in [0.2, 0.25) is 0 Å². The van der Waals surface area contributed by atoms with Crippen molar-refractivity contribution >= 4 is 22.6 Å². The Bertz CT molecular complexity index is 575. The van der Waals surface area contributed by atoms with E-state index < -0.39 is 0 Å². The molecule has 10 atom stereocenters. The Hall–Kier alpha value is 0.690. The molecule has 4 saturated carbocycles. The number of halogens is 1. The van der Waals surface area contributed by atoms with Gasteiger partial charge in [-0.1, -0.05) is 76.5 Å². The van der Waals surface area contributed by atoms with E-state index in [1.165, 1.54) is 64.2 Å². The highest BCUT2D eigenvalue weighted by Crippen LogP contribution is 2.68. The van der Waals surface area contributed by atoms with Crippen molar-refractivity contribution in [2.45, 2.75) is 115 Å². The van der Waals surface area contributed by atoms with Gasteiger partial charge in [-0.15, -0.1) is 0 Å². The van der Waals surface area contributed by atoms with Gasteiger partial charge in [-0.3, -0.25) is 0 Å². The summed E-state index contributed by atoms with van der Waals surface area (Å²) < 4.78 is 0.485. The smallest absolute Gasteiger partial charge is 0.0663 e. The van der Waals surface area contributed by atoms with Gasteiger partial charge in [0.1, 0.15) is 0 Å². The number of hydrogen-bond donors (Lipinski definition) is 1. The summed E-state index contributed by atoms with van der Waals surface area (Å²) in [6.07, 6.45) is 15.4. The molecular weight excluding hydrogens is 467 g/mol. The topological polar surface area (TPSA) is 20.2 Å². The van der Waals surface area contributed by atoms with Crippen LogP contribution < -0.4 is 0 Å². The van der Waals surface area contributed by atoms with E-state index in [9.17, 15) is 5.11 Å². The highest BCUT2D eigenvalue weighted by Gasteiger charge is 2.61. The lowest BCUT2D eigenvalue weighted by molar-refractivity contribution is -0.130. The molecular formula is C27H47IO. The Balaban J connectivity index is 1.47. The van der Waals surface area contributed by atoms with Gasteiger partial charge in [-0.05, 0) is 104 Å². The van der Waals surface area contributed by atoms with Crippen molar-refractivity contribution in [3.63, 3.8) is 0 Å². The molecule has 0 bridgehead atoms. The maximum atomic E-state index is 10.7. The van der Waals surface area contributed by atoms with Crippen molar-refractivity contribution in [2.75, 3.05) is 0 Å². The molecule has 1 nitrogen and oxygen atoms in total. The Morgan fingerprint density at radius 3 is 2.38 bits per heavy atom. The standard InChI is InChI=1S/C27H47IO/c1-17(2)7-6-8-18(3)21-11-12-22-20-10-9-19-15-24(28)25(29)16-27(19,5)23(20)13-14-26(21,22)4/h17-25,29H,6-16H2,1-5H3/t18-,19+,20+,21-,22+,23+,24+,25+,26-,27+/m1/s1. The SMILES string of the molecule is CC(C)CCC[C@@H](C)[C@H]1CC[C@H]2[C@@H]3CC[C@H]4C[C@H](I)[C@@H](O)C[C@]4(C)[C@H]3CC[C@]12C. The summed E-state index contributed by atoms with van der Waals surface area (Å²) in [5.41, 5.74) is 1.01. The van der Waals surface area contributed by atoms with E-state index in [2.05, 4.69) is 57.2 Å². The van der Waals surface area contributed by atoms with E-state index in [-0.39, 0.29) is 6.10 Å². The zero-order valence-electron chi connectivity index (χ0n) is 19.8. The van der Waals surface area contributed by atoms with Gasteiger partial charge >= 0.3 is 0 Å². The molecule has 0 unspecified atom stereocenters. The number of alkyl halides is 1. The second-order valence-corrected chi connectivity index (χ2v) is 14.3. The fourth-order valence-electron chi connectivity index (χ4n) is 9.27. The van der Waals surface area contributed by atoms with Gasteiger partial charge < -0.3 is 5.11 Å². The molecule has 168 valence electrons. The first-order valence-corrected chi connectivity index (χ1v) is 14.2. The molecule has 29 heavy (non-hydrogen) atoms. The number of aliphatic hydroxyl groups is 1. The highest BCUT2D eigenvalue weighted by atomic mass is 127. The summed E-state index contributed by atoms with van der Waals surface area (Å²) in [6.45, 7) is 12.6. The lowest BCUT2D eigenvalue weighted by atomic mass is 9.44. The van der Waals surface area contributed by atoms with Gasteiger partial charge in [0.05, 0.1) is 6.10 Å². The Morgan fingerprint density at radius 2 is 1.66 bits per heavy atom. The van der Waals surface area contributed by atoms with E-state index in [1.54, 1.807) is 0 Å². The Morgan fingerprint density at radius 1 is 0.931 bits per heavy atom. The average Bonchev–Trinajstić information content (AvgIpc) is 3.00. The first-order valence-electron chi connectivity index (χ1n) is 13.0. The van der Waals surface area contributed by atoms with Crippen molar-refractivity contribution in [1.29, 1.82) is 0 Å². The first kappa shape index (κ1) is 22.9. The monoisotopic (exact) mass is 514 g/mol. The molecule has 0 heterocycles. The molecule has 4 fully saturated rings. The fraction of sp³-hybridized carbons (Fsp3) is 1.00. The molecule has 0 aromatic rings. The normalized spacial score (nSPS) is 50.7. The minimum absolute atomic E-state index is 0.0683. The molecule has 2 heteroatoms. The third-order valence-electron chi connectivity index (χ3n) is 10.8. The van der Waals surface area contributed by atoms with Crippen molar-refractivity contribution in [3.05, 3.63) is 0 Å². The minimum atomic E-state index is -0.0683. The van der Waals surface area contributed by atoms with Crippen LogP contribution in [0.5, 0.6) is 0 Å². The zero-order chi connectivity index (χ0) is 21.0. The molecule has 0 aromatic carbocycles. The molecule has 0 spiro atoms. The van der Waals surface area contributed by atoms with Gasteiger partial charge in [-0.25, -0.2) is 0 Å². The number of aliphatic hydroxyl groups excluding tert-OH is 1. The second-order valence-electron chi connectivity index (χ2n) is 12.7. The van der Waals surface area contributed by atoms with Crippen LogP contribution in [0.25, 0.3) is 0 Å². The van der Waals surface area contributed by atoms with Crippen LogP contribution in [0, 0.1) is 52.3 Å². The summed E-state index contributed by atoms with van der Waals surface area (Å²) in [5.74, 6) is 6.38. The maximum absolute atomic E-state index is 10.7. The maximum Gasteiger partial charge on any atom is 0.0663 e. The van der Waals surface area contributed by atoms with Crippen molar-refractivity contribution in [2.24, 2.45) is 52.3 Å². The largest absolute Gasteiger partial charge is 0.392 e. The van der Waals surface area contributed by atoms with Crippen LogP contribution in [0.3, 0.4) is 0 Å². The number of fused-ring (bicyclic) bond motifs is 5. The fourth-order valence-corrected chi connectivity index (χ4v) is 10.1. The summed E-state index contributed by atoms with van der Waals surface area (Å²) >= 11 is 2.53. The van der Waals surface area contributed by atoms with E-state index in [0.29, 0.717) is 14.8 Å². The quantitative estimate of drug-likeness (QED) is 0.292. The Labute approximate surface area is 194 Å². The van der Waals surface area contributed by atoms with Crippen LogP contribution in [-0.4, -0.2) is 15.1 Å². The van der Waals surface area contributed by atoms with Gasteiger partial charge in [0.25, 0.3) is 0 Å². The van der Waals surface area contributed by atoms with E-state index in [0.717, 1.165) is 47.8 Å². The summed E-state index contributed by atoms with van der Waals surface area (Å²) in [5, 5.41) is 10.7. The lowest BCUT2D eigenvalue weighted by Crippen LogP contribution is -2.56. The molecule has 4 rings (SSSR count). The molecule has 4 aliphatic carbocycles. The number of rotatable bonds is 5. The molecule has 0 amide bonds. The molecule has 1 N–H and O–H groups in total. The highest BCUT2D eigenvalue weighted by molar-refractivity contribution is 14.1. The summed E-state index contributed by atoms with van der Waals surface area (Å²) in [6, 6.07) is 0. The van der Waals surface area contributed by atoms with E-state index in [1.807, 2.05) is 0 Å². The third kappa shape index (κ3) is 3.98. The molecule has 0 aromatic heterocycles. The van der Waals surface area contributed by atoms with Crippen molar-refractivity contribution in [3.8, 4) is 0 Å². The van der Waals surface area contributed by atoms with Crippen LogP contribution >= 0.6 is 22.6 Å². The van der Waals surface area contributed by atoms with Gasteiger partial charge in [-0.2, -0.15) is 0 Å². The molecule has 0 aliphatic heterocycles. The van der Waals surface area contributed by atoms with Crippen LogP contribution in [0.4, 0.5) is 0 Å². The van der Waals surface area contributed by atoms with Crippen molar-refractivity contribution in [1.82, 2.24) is 0 Å². The van der Waals surface area contributed by atoms with Gasteiger partial charge in [0.15, 0.2) is 0 Å². The van der Waals surface area contributed by atoms with E-state index >= 15 is 0 Å². The van der Waals surface area contributed by atoms with Crippen LogP contribution in [0.1, 0.15) is 105 Å². The Kier molecular flexibility index (Phi) is 6.75.